The molecule has 0 fully saturated rings. The van der Waals surface area contributed by atoms with Gasteiger partial charge in [0.15, 0.2) is 23.3 Å². The number of aliphatic imine (C=N–C) groups is 1. The number of hydrogen-bond acceptors (Lipinski definition) is 5. The third kappa shape index (κ3) is 4.66. The molecule has 0 radical (unpaired) electrons. The van der Waals surface area contributed by atoms with Crippen molar-refractivity contribution in [3.05, 3.63) is 60.7 Å². The highest BCUT2D eigenvalue weighted by molar-refractivity contribution is 5.93. The van der Waals surface area contributed by atoms with E-state index in [-0.39, 0.29) is 0 Å². The summed E-state index contributed by atoms with van der Waals surface area (Å²) in [4.78, 5) is 4.67. The van der Waals surface area contributed by atoms with E-state index in [9.17, 15) is 0 Å². The molecule has 1 aliphatic heterocycles. The van der Waals surface area contributed by atoms with Crippen LogP contribution in [0.25, 0.3) is 5.69 Å². The molecule has 0 amide bonds. The molecular formula is C21H24N6O2. The van der Waals surface area contributed by atoms with Crippen LogP contribution in [0.3, 0.4) is 0 Å². The average Bonchev–Trinajstić information content (AvgIpc) is 3.10. The first-order chi connectivity index (χ1) is 14.3. The maximum atomic E-state index is 5.77. The summed E-state index contributed by atoms with van der Waals surface area (Å²) < 4.78 is 13.4. The van der Waals surface area contributed by atoms with E-state index < -0.39 is 0 Å². The van der Waals surface area contributed by atoms with Crippen LogP contribution in [-0.4, -0.2) is 40.5 Å². The highest BCUT2D eigenvalue weighted by Gasteiger charge is 2.12. The maximum absolute atomic E-state index is 5.77. The second-order valence-electron chi connectivity index (χ2n) is 6.48. The smallest absolute Gasteiger partial charge is 0.196 e. The van der Waals surface area contributed by atoms with Crippen molar-refractivity contribution < 1.29 is 9.47 Å². The van der Waals surface area contributed by atoms with Gasteiger partial charge in [0.1, 0.15) is 12.9 Å². The Morgan fingerprint density at radius 3 is 2.76 bits per heavy atom. The van der Waals surface area contributed by atoms with Crippen LogP contribution < -0.4 is 20.1 Å². The van der Waals surface area contributed by atoms with Gasteiger partial charge in [-0.05, 0) is 31.2 Å². The number of benzene rings is 2. The van der Waals surface area contributed by atoms with Gasteiger partial charge < -0.3 is 20.1 Å². The molecule has 8 nitrogen and oxygen atoms in total. The lowest BCUT2D eigenvalue weighted by atomic mass is 10.3. The molecule has 0 saturated heterocycles. The van der Waals surface area contributed by atoms with E-state index in [1.54, 1.807) is 6.33 Å². The van der Waals surface area contributed by atoms with Gasteiger partial charge in [0.2, 0.25) is 0 Å². The van der Waals surface area contributed by atoms with Gasteiger partial charge in [-0.3, -0.25) is 4.57 Å². The fourth-order valence-electron chi connectivity index (χ4n) is 3.01. The Kier molecular flexibility index (Phi) is 5.89. The molecule has 3 aromatic rings. The summed E-state index contributed by atoms with van der Waals surface area (Å²) in [5, 5.41) is 14.8. The molecule has 0 saturated carbocycles. The lowest BCUT2D eigenvalue weighted by Gasteiger charge is -2.14. The number of aromatic nitrogens is 3. The standard InChI is InChI=1S/C21H24N6O2/c1-2-22-21(25-16-9-10-18-19(13-16)29-12-6-11-28-18)23-14-20-26-24-15-27(20)17-7-4-3-5-8-17/h3-5,7-10,13,15H,2,6,11-12,14H2,1H3,(H2,22,23,25). The number of nitrogens with one attached hydrogen (secondary N) is 2. The summed E-state index contributed by atoms with van der Waals surface area (Å²) in [5.41, 5.74) is 1.88. The van der Waals surface area contributed by atoms with Crippen LogP contribution in [-0.2, 0) is 6.54 Å². The molecular weight excluding hydrogens is 368 g/mol. The third-order valence-corrected chi connectivity index (χ3v) is 4.39. The normalized spacial score (nSPS) is 13.6. The molecule has 0 spiro atoms. The second kappa shape index (κ2) is 9.09. The lowest BCUT2D eigenvalue weighted by Crippen LogP contribution is -2.30. The minimum Gasteiger partial charge on any atom is -0.490 e. The molecule has 1 aliphatic rings. The van der Waals surface area contributed by atoms with Gasteiger partial charge in [0, 0.05) is 30.4 Å². The zero-order valence-electron chi connectivity index (χ0n) is 16.3. The maximum Gasteiger partial charge on any atom is 0.196 e. The van der Waals surface area contributed by atoms with Crippen molar-refractivity contribution in [2.24, 2.45) is 4.99 Å². The van der Waals surface area contributed by atoms with Crippen LogP contribution in [0, 0.1) is 0 Å². The van der Waals surface area contributed by atoms with E-state index in [0.29, 0.717) is 25.7 Å². The fourth-order valence-corrected chi connectivity index (χ4v) is 3.01. The molecule has 2 heterocycles. The summed E-state index contributed by atoms with van der Waals surface area (Å²) in [6.45, 7) is 4.47. The molecule has 2 aromatic carbocycles. The van der Waals surface area contributed by atoms with Gasteiger partial charge in [-0.2, -0.15) is 0 Å². The van der Waals surface area contributed by atoms with Gasteiger partial charge in [-0.1, -0.05) is 18.2 Å². The van der Waals surface area contributed by atoms with Crippen molar-refractivity contribution in [1.29, 1.82) is 0 Å². The third-order valence-electron chi connectivity index (χ3n) is 4.39. The van der Waals surface area contributed by atoms with Gasteiger partial charge in [-0.15, -0.1) is 10.2 Å². The molecule has 1 aromatic heterocycles. The van der Waals surface area contributed by atoms with Crippen LogP contribution in [0.2, 0.25) is 0 Å². The highest BCUT2D eigenvalue weighted by Crippen LogP contribution is 2.32. The Bertz CT molecular complexity index is 970. The van der Waals surface area contributed by atoms with Gasteiger partial charge >= 0.3 is 0 Å². The number of hydrogen-bond donors (Lipinski definition) is 2. The summed E-state index contributed by atoms with van der Waals surface area (Å²) in [7, 11) is 0. The summed E-state index contributed by atoms with van der Waals surface area (Å²) in [6, 6.07) is 15.8. The van der Waals surface area contributed by atoms with Crippen LogP contribution in [0.4, 0.5) is 5.69 Å². The Morgan fingerprint density at radius 1 is 1.10 bits per heavy atom. The zero-order chi connectivity index (χ0) is 19.9. The quantitative estimate of drug-likeness (QED) is 0.513. The van der Waals surface area contributed by atoms with Crippen molar-refractivity contribution in [1.82, 2.24) is 20.1 Å². The van der Waals surface area contributed by atoms with Crippen molar-refractivity contribution in [3.63, 3.8) is 0 Å². The molecule has 150 valence electrons. The van der Waals surface area contributed by atoms with Crippen molar-refractivity contribution in [2.75, 3.05) is 25.1 Å². The zero-order valence-corrected chi connectivity index (χ0v) is 16.3. The van der Waals surface area contributed by atoms with E-state index in [1.807, 2.05) is 60.0 Å². The Hall–Kier alpha value is -3.55. The molecule has 8 heteroatoms. The number of ether oxygens (including phenoxy) is 2. The first kappa shape index (κ1) is 18.8. The predicted molar refractivity (Wildman–Crippen MR) is 112 cm³/mol. The van der Waals surface area contributed by atoms with Crippen LogP contribution in [0.15, 0.2) is 59.9 Å². The van der Waals surface area contributed by atoms with E-state index in [4.69, 9.17) is 9.47 Å². The molecule has 4 rings (SSSR count). The van der Waals surface area contributed by atoms with E-state index in [0.717, 1.165) is 41.7 Å². The molecule has 29 heavy (non-hydrogen) atoms. The van der Waals surface area contributed by atoms with Crippen LogP contribution in [0.1, 0.15) is 19.2 Å². The number of rotatable bonds is 5. The lowest BCUT2D eigenvalue weighted by molar-refractivity contribution is 0.297. The van der Waals surface area contributed by atoms with E-state index in [1.165, 1.54) is 0 Å². The fraction of sp³-hybridized carbons (Fsp3) is 0.286. The second-order valence-corrected chi connectivity index (χ2v) is 6.48. The first-order valence-corrected chi connectivity index (χ1v) is 9.73. The number of para-hydroxylation sites is 1. The Morgan fingerprint density at radius 2 is 1.93 bits per heavy atom. The topological polar surface area (TPSA) is 85.6 Å². The first-order valence-electron chi connectivity index (χ1n) is 9.73. The largest absolute Gasteiger partial charge is 0.490 e. The molecule has 2 N–H and O–H groups in total. The van der Waals surface area contributed by atoms with Crippen LogP contribution >= 0.6 is 0 Å². The molecule has 0 aliphatic carbocycles. The van der Waals surface area contributed by atoms with Gasteiger partial charge in [0.25, 0.3) is 0 Å². The highest BCUT2D eigenvalue weighted by atomic mass is 16.5. The molecule has 0 atom stereocenters. The number of nitrogens with zero attached hydrogens (tertiary/aromatic N) is 4. The predicted octanol–water partition coefficient (Wildman–Crippen LogP) is 3.01. The summed E-state index contributed by atoms with van der Waals surface area (Å²) in [5.74, 6) is 2.93. The van der Waals surface area contributed by atoms with E-state index >= 15 is 0 Å². The molecule has 0 bridgehead atoms. The SMILES string of the molecule is CCNC(=NCc1nncn1-c1ccccc1)Nc1ccc2c(c1)OCCCO2. The average molecular weight is 392 g/mol. The van der Waals surface area contributed by atoms with E-state index in [2.05, 4.69) is 25.8 Å². The van der Waals surface area contributed by atoms with Gasteiger partial charge in [-0.25, -0.2) is 4.99 Å². The summed E-state index contributed by atoms with van der Waals surface area (Å²) in [6.07, 6.45) is 2.58. The Labute approximate surface area is 169 Å². The van der Waals surface area contributed by atoms with Crippen molar-refractivity contribution in [3.8, 4) is 17.2 Å². The number of fused-ring (bicyclic) bond motifs is 1. The monoisotopic (exact) mass is 392 g/mol. The van der Waals surface area contributed by atoms with Crippen molar-refractivity contribution in [2.45, 2.75) is 19.9 Å². The van der Waals surface area contributed by atoms with Crippen LogP contribution in [0.5, 0.6) is 11.5 Å². The Balaban J connectivity index is 1.51. The van der Waals surface area contributed by atoms with Crippen molar-refractivity contribution >= 4 is 11.6 Å². The minimum absolute atomic E-state index is 0.384. The summed E-state index contributed by atoms with van der Waals surface area (Å²) >= 11 is 0. The minimum atomic E-state index is 0.384. The molecule has 0 unspecified atom stereocenters. The number of guanidine groups is 1. The number of anilines is 1. The van der Waals surface area contributed by atoms with Gasteiger partial charge in [0.05, 0.1) is 13.2 Å².